The van der Waals surface area contributed by atoms with Gasteiger partial charge in [-0.3, -0.25) is 4.40 Å². The first-order chi connectivity index (χ1) is 10.6. The van der Waals surface area contributed by atoms with Crippen molar-refractivity contribution in [2.24, 2.45) is 0 Å². The molecular weight excluding hydrogens is 315 g/mol. The quantitative estimate of drug-likeness (QED) is 0.740. The zero-order chi connectivity index (χ0) is 15.4. The molecule has 120 valence electrons. The highest BCUT2D eigenvalue weighted by Gasteiger charge is 2.22. The normalized spacial score (nSPS) is 13.2. The maximum atomic E-state index is 14.9. The SMILES string of the molecule is Cc1cn2c(C)nc(-c3ccc4c(c3F)CCC4)c2c(N)n1.Cl. The third kappa shape index (κ3) is 2.27. The highest BCUT2D eigenvalue weighted by Crippen LogP contribution is 2.35. The Morgan fingerprint density at radius 2 is 1.96 bits per heavy atom. The first kappa shape index (κ1) is 15.7. The number of nitrogens with zero attached hydrogens (tertiary/aromatic N) is 3. The van der Waals surface area contributed by atoms with Gasteiger partial charge in [-0.2, -0.15) is 0 Å². The van der Waals surface area contributed by atoms with E-state index in [9.17, 15) is 4.39 Å². The molecule has 4 rings (SSSR count). The Morgan fingerprint density at radius 3 is 2.74 bits per heavy atom. The van der Waals surface area contributed by atoms with Crippen molar-refractivity contribution in [3.8, 4) is 11.3 Å². The molecule has 0 amide bonds. The topological polar surface area (TPSA) is 56.2 Å². The molecule has 0 fully saturated rings. The van der Waals surface area contributed by atoms with Gasteiger partial charge in [0.25, 0.3) is 0 Å². The van der Waals surface area contributed by atoms with Gasteiger partial charge in [-0.05, 0) is 50.3 Å². The summed E-state index contributed by atoms with van der Waals surface area (Å²) in [5, 5.41) is 0. The maximum absolute atomic E-state index is 14.9. The van der Waals surface area contributed by atoms with Crippen LogP contribution in [0.1, 0.15) is 29.1 Å². The van der Waals surface area contributed by atoms with E-state index in [4.69, 9.17) is 5.73 Å². The average Bonchev–Trinajstić information content (AvgIpc) is 3.05. The molecule has 0 spiro atoms. The van der Waals surface area contributed by atoms with Gasteiger partial charge in [0.1, 0.15) is 28.7 Å². The molecule has 0 unspecified atom stereocenters. The number of hydrogen-bond donors (Lipinski definition) is 1. The monoisotopic (exact) mass is 332 g/mol. The van der Waals surface area contributed by atoms with Crippen molar-refractivity contribution in [1.82, 2.24) is 14.4 Å². The highest BCUT2D eigenvalue weighted by atomic mass is 35.5. The van der Waals surface area contributed by atoms with Crippen LogP contribution in [0, 0.1) is 19.7 Å². The summed E-state index contributed by atoms with van der Waals surface area (Å²) in [6.07, 6.45) is 4.65. The Hall–Kier alpha value is -2.14. The lowest BCUT2D eigenvalue weighted by Gasteiger charge is -2.08. The third-order valence-electron chi connectivity index (χ3n) is 4.41. The minimum absolute atomic E-state index is 0. The van der Waals surface area contributed by atoms with Crippen molar-refractivity contribution in [2.75, 3.05) is 5.73 Å². The van der Waals surface area contributed by atoms with E-state index in [1.165, 1.54) is 0 Å². The number of anilines is 1. The van der Waals surface area contributed by atoms with Crippen LogP contribution in [0.4, 0.5) is 10.2 Å². The zero-order valence-electron chi connectivity index (χ0n) is 13.1. The van der Waals surface area contributed by atoms with Crippen molar-refractivity contribution >= 4 is 23.7 Å². The van der Waals surface area contributed by atoms with Crippen molar-refractivity contribution in [3.05, 3.63) is 46.8 Å². The lowest BCUT2D eigenvalue weighted by Crippen LogP contribution is -2.00. The van der Waals surface area contributed by atoms with E-state index in [0.717, 1.165) is 41.9 Å². The number of fused-ring (bicyclic) bond motifs is 2. The molecule has 6 heteroatoms. The minimum atomic E-state index is -0.157. The van der Waals surface area contributed by atoms with E-state index in [-0.39, 0.29) is 18.2 Å². The standard InChI is InChI=1S/C17H17FN4.ClH/c1-9-8-22-10(2)21-15(16(22)17(19)20-9)13-7-6-11-4-3-5-12(11)14(13)18;/h6-8H,3-5H2,1-2H3,(H2,19,20);1H. The van der Waals surface area contributed by atoms with E-state index in [1.54, 1.807) is 0 Å². The largest absolute Gasteiger partial charge is 0.382 e. The number of hydrogen-bond acceptors (Lipinski definition) is 3. The second-order valence-corrected chi connectivity index (χ2v) is 5.91. The first-order valence-corrected chi connectivity index (χ1v) is 7.48. The summed E-state index contributed by atoms with van der Waals surface area (Å²) in [5.74, 6) is 1.01. The number of rotatable bonds is 1. The van der Waals surface area contributed by atoms with Crippen LogP contribution in [-0.4, -0.2) is 14.4 Å². The predicted octanol–water partition coefficient (Wildman–Crippen LogP) is 3.64. The van der Waals surface area contributed by atoms with Crippen molar-refractivity contribution in [2.45, 2.75) is 33.1 Å². The Balaban J connectivity index is 0.00000156. The molecule has 4 nitrogen and oxygen atoms in total. The number of aryl methyl sites for hydroxylation is 3. The molecule has 1 aliphatic carbocycles. The van der Waals surface area contributed by atoms with Gasteiger partial charge in [0.2, 0.25) is 0 Å². The van der Waals surface area contributed by atoms with Gasteiger partial charge >= 0.3 is 0 Å². The van der Waals surface area contributed by atoms with Crippen LogP contribution in [0.5, 0.6) is 0 Å². The van der Waals surface area contributed by atoms with Crippen LogP contribution >= 0.6 is 12.4 Å². The summed E-state index contributed by atoms with van der Waals surface area (Å²) in [6.45, 7) is 3.77. The lowest BCUT2D eigenvalue weighted by molar-refractivity contribution is 0.616. The zero-order valence-corrected chi connectivity index (χ0v) is 13.9. The second kappa shape index (κ2) is 5.49. The van der Waals surface area contributed by atoms with Crippen LogP contribution < -0.4 is 5.73 Å². The molecule has 23 heavy (non-hydrogen) atoms. The van der Waals surface area contributed by atoms with Gasteiger partial charge in [-0.25, -0.2) is 14.4 Å². The summed E-state index contributed by atoms with van der Waals surface area (Å²) in [4.78, 5) is 8.85. The summed E-state index contributed by atoms with van der Waals surface area (Å²) >= 11 is 0. The van der Waals surface area contributed by atoms with Crippen LogP contribution in [0.3, 0.4) is 0 Å². The molecule has 2 N–H and O–H groups in total. The van der Waals surface area contributed by atoms with Gasteiger partial charge in [0, 0.05) is 11.8 Å². The number of nitrogen functional groups attached to an aromatic ring is 1. The second-order valence-electron chi connectivity index (χ2n) is 5.91. The molecule has 1 aliphatic rings. The fraction of sp³-hybridized carbons (Fsp3) is 0.294. The Morgan fingerprint density at radius 1 is 1.17 bits per heavy atom. The molecule has 2 aromatic heterocycles. The summed E-state index contributed by atoms with van der Waals surface area (Å²) in [5.41, 5.74) is 10.6. The smallest absolute Gasteiger partial charge is 0.150 e. The highest BCUT2D eigenvalue weighted by molar-refractivity contribution is 5.86. The van der Waals surface area contributed by atoms with Crippen LogP contribution in [0.15, 0.2) is 18.3 Å². The molecule has 0 aliphatic heterocycles. The van der Waals surface area contributed by atoms with E-state index in [2.05, 4.69) is 9.97 Å². The minimum Gasteiger partial charge on any atom is -0.382 e. The number of aromatic nitrogens is 3. The van der Waals surface area contributed by atoms with E-state index in [1.807, 2.05) is 36.6 Å². The summed E-state index contributed by atoms with van der Waals surface area (Å²) in [7, 11) is 0. The van der Waals surface area contributed by atoms with Crippen molar-refractivity contribution < 1.29 is 4.39 Å². The maximum Gasteiger partial charge on any atom is 0.150 e. The molecule has 0 radical (unpaired) electrons. The van der Waals surface area contributed by atoms with Crippen LogP contribution in [0.2, 0.25) is 0 Å². The molecule has 1 aromatic carbocycles. The molecular formula is C17H18ClFN4. The van der Waals surface area contributed by atoms with E-state index < -0.39 is 0 Å². The predicted molar refractivity (Wildman–Crippen MR) is 91.5 cm³/mol. The Kier molecular flexibility index (Phi) is 3.76. The number of nitrogens with two attached hydrogens (primary N) is 1. The number of imidazole rings is 1. The fourth-order valence-electron chi connectivity index (χ4n) is 3.40. The molecule has 0 saturated heterocycles. The third-order valence-corrected chi connectivity index (χ3v) is 4.41. The van der Waals surface area contributed by atoms with E-state index in [0.29, 0.717) is 22.6 Å². The Labute approximate surface area is 140 Å². The molecule has 0 atom stereocenters. The molecule has 3 aromatic rings. The van der Waals surface area contributed by atoms with Gasteiger partial charge < -0.3 is 5.73 Å². The lowest BCUT2D eigenvalue weighted by atomic mass is 10.0. The van der Waals surface area contributed by atoms with Crippen LogP contribution in [0.25, 0.3) is 16.8 Å². The fourth-order valence-corrected chi connectivity index (χ4v) is 3.40. The van der Waals surface area contributed by atoms with Crippen molar-refractivity contribution in [3.63, 3.8) is 0 Å². The van der Waals surface area contributed by atoms with Crippen LogP contribution in [-0.2, 0) is 12.8 Å². The number of benzene rings is 1. The molecule has 2 heterocycles. The molecule has 0 bridgehead atoms. The average molecular weight is 333 g/mol. The Bertz CT molecular complexity index is 917. The van der Waals surface area contributed by atoms with Crippen molar-refractivity contribution in [1.29, 1.82) is 0 Å². The van der Waals surface area contributed by atoms with Gasteiger partial charge in [-0.15, -0.1) is 12.4 Å². The summed E-state index contributed by atoms with van der Waals surface area (Å²) in [6, 6.07) is 3.83. The first-order valence-electron chi connectivity index (χ1n) is 7.48. The number of halogens is 2. The van der Waals surface area contributed by atoms with E-state index >= 15 is 0 Å². The summed E-state index contributed by atoms with van der Waals surface area (Å²) < 4.78 is 16.8. The molecule has 0 saturated carbocycles. The van der Waals surface area contributed by atoms with Gasteiger partial charge in [0.05, 0.1) is 5.69 Å². The van der Waals surface area contributed by atoms with Gasteiger partial charge in [0.15, 0.2) is 0 Å². The van der Waals surface area contributed by atoms with Gasteiger partial charge in [-0.1, -0.05) is 6.07 Å².